The van der Waals surface area contributed by atoms with E-state index in [0.717, 1.165) is 5.56 Å². The lowest BCUT2D eigenvalue weighted by Crippen LogP contribution is -2.27. The summed E-state index contributed by atoms with van der Waals surface area (Å²) >= 11 is 0. The van der Waals surface area contributed by atoms with E-state index in [1.54, 1.807) is 6.92 Å². The molecule has 5 nitrogen and oxygen atoms in total. The number of nitrogens with zero attached hydrogens (tertiary/aromatic N) is 2. The van der Waals surface area contributed by atoms with E-state index < -0.39 is 6.04 Å². The van der Waals surface area contributed by atoms with Crippen LogP contribution in [0.3, 0.4) is 0 Å². The molecule has 0 bridgehead atoms. The molecule has 0 amide bonds. The van der Waals surface area contributed by atoms with Crippen molar-refractivity contribution in [2.24, 2.45) is 5.73 Å². The van der Waals surface area contributed by atoms with Gasteiger partial charge < -0.3 is 11.5 Å². The predicted octanol–water partition coefficient (Wildman–Crippen LogP) is 1.11. The first-order valence-electron chi connectivity index (χ1n) is 5.26. The molecule has 0 aliphatic carbocycles. The summed E-state index contributed by atoms with van der Waals surface area (Å²) in [5, 5.41) is 4.02. The van der Waals surface area contributed by atoms with Crippen molar-refractivity contribution in [1.82, 2.24) is 9.78 Å². The maximum atomic E-state index is 12.0. The number of nitrogen functional groups attached to an aromatic ring is 1. The number of aromatic nitrogens is 2. The number of hydrogen-bond donors (Lipinski definition) is 2. The number of anilines is 1. The van der Waals surface area contributed by atoms with Crippen LogP contribution in [0.15, 0.2) is 36.5 Å². The zero-order chi connectivity index (χ0) is 12.4. The molecule has 1 unspecified atom stereocenters. The third-order valence-electron chi connectivity index (χ3n) is 2.59. The molecule has 1 heterocycles. The van der Waals surface area contributed by atoms with Crippen molar-refractivity contribution in [3.8, 4) is 0 Å². The number of benzene rings is 1. The average Bonchev–Trinajstić information content (AvgIpc) is 2.69. The molecule has 2 aromatic rings. The fraction of sp³-hybridized carbons (Fsp3) is 0.167. The second kappa shape index (κ2) is 4.39. The molecule has 0 saturated heterocycles. The summed E-state index contributed by atoms with van der Waals surface area (Å²) in [6.45, 7) is 1.74. The van der Waals surface area contributed by atoms with Gasteiger partial charge in [0.05, 0.1) is 17.6 Å². The Morgan fingerprint density at radius 2 is 2.00 bits per heavy atom. The van der Waals surface area contributed by atoms with Gasteiger partial charge in [0, 0.05) is 0 Å². The number of carbonyl (C=O) groups excluding carboxylic acids is 1. The van der Waals surface area contributed by atoms with Crippen LogP contribution in [0.1, 0.15) is 22.1 Å². The minimum absolute atomic E-state index is 0.295. The Morgan fingerprint density at radius 1 is 1.35 bits per heavy atom. The lowest BCUT2D eigenvalue weighted by Gasteiger charge is -2.10. The van der Waals surface area contributed by atoms with Gasteiger partial charge in [-0.15, -0.1) is 0 Å². The van der Waals surface area contributed by atoms with Crippen molar-refractivity contribution in [3.63, 3.8) is 0 Å². The third-order valence-corrected chi connectivity index (χ3v) is 2.59. The molecule has 0 aliphatic heterocycles. The lowest BCUT2D eigenvalue weighted by molar-refractivity contribution is 0.0862. The lowest BCUT2D eigenvalue weighted by atomic mass is 10.1. The molecule has 1 aromatic carbocycles. The molecule has 1 aromatic heterocycles. The number of hydrogen-bond acceptors (Lipinski definition) is 4. The van der Waals surface area contributed by atoms with Gasteiger partial charge >= 0.3 is 0 Å². The van der Waals surface area contributed by atoms with Crippen LogP contribution in [-0.4, -0.2) is 15.7 Å². The van der Waals surface area contributed by atoms with Crippen LogP contribution in [0, 0.1) is 6.92 Å². The van der Waals surface area contributed by atoms with Crippen LogP contribution in [0.25, 0.3) is 0 Å². The van der Waals surface area contributed by atoms with Crippen LogP contribution in [0.4, 0.5) is 5.69 Å². The van der Waals surface area contributed by atoms with Gasteiger partial charge in [-0.25, -0.2) is 4.68 Å². The van der Waals surface area contributed by atoms with Crippen molar-refractivity contribution in [2.45, 2.75) is 13.0 Å². The highest BCUT2D eigenvalue weighted by Gasteiger charge is 2.18. The SMILES string of the molecule is Cc1nn(C(=O)C(N)c2ccccc2)cc1N. The molecule has 0 spiro atoms. The summed E-state index contributed by atoms with van der Waals surface area (Å²) in [4.78, 5) is 12.0. The van der Waals surface area contributed by atoms with Gasteiger partial charge in [0.15, 0.2) is 0 Å². The normalized spacial score (nSPS) is 12.4. The zero-order valence-corrected chi connectivity index (χ0v) is 9.50. The van der Waals surface area contributed by atoms with Gasteiger partial charge in [0.2, 0.25) is 0 Å². The maximum absolute atomic E-state index is 12.0. The molecule has 0 saturated carbocycles. The highest BCUT2D eigenvalue weighted by molar-refractivity contribution is 5.85. The molecule has 0 fully saturated rings. The second-order valence-corrected chi connectivity index (χ2v) is 3.84. The molecule has 0 radical (unpaired) electrons. The fourth-order valence-corrected chi connectivity index (χ4v) is 1.53. The molecular formula is C12H14N4O. The number of aryl methyl sites for hydroxylation is 1. The standard InChI is InChI=1S/C12H14N4O/c1-8-10(13)7-16(15-8)12(17)11(14)9-5-3-2-4-6-9/h2-7,11H,13-14H2,1H3. The molecule has 88 valence electrons. The van der Waals surface area contributed by atoms with Gasteiger partial charge in [-0.2, -0.15) is 5.10 Å². The number of nitrogens with two attached hydrogens (primary N) is 2. The van der Waals surface area contributed by atoms with E-state index in [1.807, 2.05) is 30.3 Å². The van der Waals surface area contributed by atoms with Gasteiger partial charge in [-0.3, -0.25) is 4.79 Å². The molecule has 0 aliphatic rings. The molecule has 5 heteroatoms. The summed E-state index contributed by atoms with van der Waals surface area (Å²) < 4.78 is 1.20. The topological polar surface area (TPSA) is 86.9 Å². The van der Waals surface area contributed by atoms with Crippen LogP contribution in [-0.2, 0) is 0 Å². The smallest absolute Gasteiger partial charge is 0.268 e. The van der Waals surface area contributed by atoms with Crippen molar-refractivity contribution in [3.05, 3.63) is 47.8 Å². The van der Waals surface area contributed by atoms with Crippen LogP contribution in [0.5, 0.6) is 0 Å². The molecular weight excluding hydrogens is 216 g/mol. The van der Waals surface area contributed by atoms with E-state index in [-0.39, 0.29) is 5.91 Å². The van der Waals surface area contributed by atoms with Gasteiger partial charge in [0.25, 0.3) is 5.91 Å². The van der Waals surface area contributed by atoms with E-state index in [1.165, 1.54) is 10.9 Å². The van der Waals surface area contributed by atoms with Crippen molar-refractivity contribution >= 4 is 11.6 Å². The Bertz CT molecular complexity index is 513. The quantitative estimate of drug-likeness (QED) is 0.809. The van der Waals surface area contributed by atoms with E-state index in [0.29, 0.717) is 11.4 Å². The van der Waals surface area contributed by atoms with Crippen molar-refractivity contribution in [1.29, 1.82) is 0 Å². The van der Waals surface area contributed by atoms with Crippen molar-refractivity contribution < 1.29 is 4.79 Å². The molecule has 2 rings (SSSR count). The Labute approximate surface area is 99.0 Å². The Kier molecular flexibility index (Phi) is 2.93. The van der Waals surface area contributed by atoms with Crippen LogP contribution >= 0.6 is 0 Å². The fourth-order valence-electron chi connectivity index (χ4n) is 1.53. The number of rotatable bonds is 2. The summed E-state index contributed by atoms with van der Waals surface area (Å²) in [7, 11) is 0. The molecule has 1 atom stereocenters. The Hall–Kier alpha value is -2.14. The summed E-state index contributed by atoms with van der Waals surface area (Å²) in [5.41, 5.74) is 13.4. The highest BCUT2D eigenvalue weighted by Crippen LogP contribution is 2.14. The second-order valence-electron chi connectivity index (χ2n) is 3.84. The Morgan fingerprint density at radius 3 is 2.53 bits per heavy atom. The molecule has 4 N–H and O–H groups in total. The van der Waals surface area contributed by atoms with Crippen LogP contribution in [0.2, 0.25) is 0 Å². The van der Waals surface area contributed by atoms with E-state index >= 15 is 0 Å². The van der Waals surface area contributed by atoms with E-state index in [4.69, 9.17) is 11.5 Å². The largest absolute Gasteiger partial charge is 0.396 e. The molecule has 17 heavy (non-hydrogen) atoms. The summed E-state index contributed by atoms with van der Waals surface area (Å²) in [6, 6.07) is 8.44. The Balaban J connectivity index is 2.26. The van der Waals surface area contributed by atoms with Gasteiger partial charge in [-0.1, -0.05) is 30.3 Å². The van der Waals surface area contributed by atoms with Crippen LogP contribution < -0.4 is 11.5 Å². The van der Waals surface area contributed by atoms with E-state index in [2.05, 4.69) is 5.10 Å². The first-order chi connectivity index (χ1) is 8.09. The van der Waals surface area contributed by atoms with Crippen molar-refractivity contribution in [2.75, 3.05) is 5.73 Å². The number of carbonyl (C=O) groups is 1. The highest BCUT2D eigenvalue weighted by atomic mass is 16.2. The maximum Gasteiger partial charge on any atom is 0.268 e. The van der Waals surface area contributed by atoms with E-state index in [9.17, 15) is 4.79 Å². The summed E-state index contributed by atoms with van der Waals surface area (Å²) in [6.07, 6.45) is 1.49. The minimum Gasteiger partial charge on any atom is -0.396 e. The van der Waals surface area contributed by atoms with Gasteiger partial charge in [0.1, 0.15) is 6.04 Å². The third kappa shape index (κ3) is 2.19. The zero-order valence-electron chi connectivity index (χ0n) is 9.50. The average molecular weight is 230 g/mol. The first-order valence-corrected chi connectivity index (χ1v) is 5.26. The minimum atomic E-state index is -0.727. The monoisotopic (exact) mass is 230 g/mol. The summed E-state index contributed by atoms with van der Waals surface area (Å²) in [5.74, 6) is -0.295. The van der Waals surface area contributed by atoms with Gasteiger partial charge in [-0.05, 0) is 12.5 Å². The predicted molar refractivity (Wildman–Crippen MR) is 65.4 cm³/mol. The first kappa shape index (κ1) is 11.3.